The number of carbonyl (C=O) groups excluding carboxylic acids is 1. The van der Waals surface area contributed by atoms with Gasteiger partial charge in [-0.25, -0.2) is 0 Å². The van der Waals surface area contributed by atoms with E-state index in [1.807, 2.05) is 26.1 Å². The average molecular weight is 221 g/mol. The summed E-state index contributed by atoms with van der Waals surface area (Å²) in [7, 11) is 1.89. The summed E-state index contributed by atoms with van der Waals surface area (Å²) in [5, 5.41) is 5.97. The number of amides is 1. The van der Waals surface area contributed by atoms with Crippen molar-refractivity contribution in [2.24, 2.45) is 0 Å². The number of hydrogen-bond acceptors (Lipinski definition) is 3. The fourth-order valence-electron chi connectivity index (χ4n) is 1.45. The van der Waals surface area contributed by atoms with Gasteiger partial charge in [-0.05, 0) is 38.6 Å². The van der Waals surface area contributed by atoms with Crippen molar-refractivity contribution >= 4 is 5.91 Å². The molecule has 16 heavy (non-hydrogen) atoms. The van der Waals surface area contributed by atoms with Crippen molar-refractivity contribution in [1.82, 2.24) is 15.6 Å². The molecule has 88 valence electrons. The highest BCUT2D eigenvalue weighted by Gasteiger charge is 2.08. The van der Waals surface area contributed by atoms with Crippen molar-refractivity contribution in [2.75, 3.05) is 13.6 Å². The smallest absolute Gasteiger partial charge is 0.220 e. The molecule has 1 aromatic rings. The van der Waals surface area contributed by atoms with Crippen molar-refractivity contribution in [3.63, 3.8) is 0 Å². The fraction of sp³-hybridized carbons (Fsp3) is 0.500. The van der Waals surface area contributed by atoms with Gasteiger partial charge in [-0.2, -0.15) is 0 Å². The average Bonchev–Trinajstić information content (AvgIpc) is 2.30. The molecular formula is C12H19N3O. The summed E-state index contributed by atoms with van der Waals surface area (Å²) in [6.45, 7) is 2.83. The minimum absolute atomic E-state index is 0.0239. The zero-order valence-electron chi connectivity index (χ0n) is 9.86. The van der Waals surface area contributed by atoms with Crippen LogP contribution in [0, 0.1) is 0 Å². The van der Waals surface area contributed by atoms with Gasteiger partial charge in [0.05, 0.1) is 6.04 Å². The van der Waals surface area contributed by atoms with Gasteiger partial charge in [-0.3, -0.25) is 9.78 Å². The quantitative estimate of drug-likeness (QED) is 0.711. The Morgan fingerprint density at radius 3 is 3.00 bits per heavy atom. The molecule has 0 saturated carbocycles. The van der Waals surface area contributed by atoms with Gasteiger partial charge in [0.2, 0.25) is 5.91 Å². The molecule has 1 aromatic heterocycles. The van der Waals surface area contributed by atoms with E-state index in [4.69, 9.17) is 0 Å². The maximum absolute atomic E-state index is 11.5. The third kappa shape index (κ3) is 4.40. The van der Waals surface area contributed by atoms with Crippen molar-refractivity contribution in [1.29, 1.82) is 0 Å². The highest BCUT2D eigenvalue weighted by molar-refractivity contribution is 5.76. The molecule has 1 heterocycles. The van der Waals surface area contributed by atoms with Gasteiger partial charge in [0, 0.05) is 18.8 Å². The first-order valence-corrected chi connectivity index (χ1v) is 5.58. The second-order valence-electron chi connectivity index (χ2n) is 3.78. The molecule has 1 amide bonds. The number of carbonyl (C=O) groups is 1. The molecule has 0 aromatic carbocycles. The SMILES string of the molecule is CNCCCC(=O)N[C@H](C)c1cccnc1. The number of nitrogens with one attached hydrogen (secondary N) is 2. The van der Waals surface area contributed by atoms with E-state index in [1.54, 1.807) is 12.4 Å². The molecule has 0 radical (unpaired) electrons. The molecule has 0 fully saturated rings. The van der Waals surface area contributed by atoms with Crippen LogP contribution in [-0.4, -0.2) is 24.5 Å². The van der Waals surface area contributed by atoms with Crippen LogP contribution in [0.5, 0.6) is 0 Å². The molecule has 0 unspecified atom stereocenters. The Bertz CT molecular complexity index is 313. The van der Waals surface area contributed by atoms with Crippen LogP contribution in [0.15, 0.2) is 24.5 Å². The van der Waals surface area contributed by atoms with E-state index in [0.717, 1.165) is 18.5 Å². The van der Waals surface area contributed by atoms with E-state index in [2.05, 4.69) is 15.6 Å². The lowest BCUT2D eigenvalue weighted by molar-refractivity contribution is -0.121. The lowest BCUT2D eigenvalue weighted by Crippen LogP contribution is -2.27. The normalized spacial score (nSPS) is 12.1. The molecule has 0 aliphatic carbocycles. The van der Waals surface area contributed by atoms with Crippen LogP contribution in [0.25, 0.3) is 0 Å². The highest BCUT2D eigenvalue weighted by Crippen LogP contribution is 2.09. The minimum atomic E-state index is 0.0239. The van der Waals surface area contributed by atoms with Crippen LogP contribution in [0.3, 0.4) is 0 Å². The molecule has 0 aliphatic heterocycles. The van der Waals surface area contributed by atoms with E-state index in [-0.39, 0.29) is 11.9 Å². The maximum Gasteiger partial charge on any atom is 0.220 e. The monoisotopic (exact) mass is 221 g/mol. The van der Waals surface area contributed by atoms with E-state index in [0.29, 0.717) is 6.42 Å². The lowest BCUT2D eigenvalue weighted by atomic mass is 10.1. The largest absolute Gasteiger partial charge is 0.350 e. The Morgan fingerprint density at radius 1 is 1.56 bits per heavy atom. The first-order valence-electron chi connectivity index (χ1n) is 5.58. The van der Waals surface area contributed by atoms with Crippen molar-refractivity contribution in [2.45, 2.75) is 25.8 Å². The number of rotatable bonds is 6. The highest BCUT2D eigenvalue weighted by atomic mass is 16.1. The van der Waals surface area contributed by atoms with Crippen molar-refractivity contribution in [3.05, 3.63) is 30.1 Å². The molecule has 2 N–H and O–H groups in total. The van der Waals surface area contributed by atoms with E-state index in [9.17, 15) is 4.79 Å². The molecule has 4 heteroatoms. The van der Waals surface area contributed by atoms with Gasteiger partial charge in [-0.15, -0.1) is 0 Å². The summed E-state index contributed by atoms with van der Waals surface area (Å²) in [5.74, 6) is 0.0894. The zero-order valence-corrected chi connectivity index (χ0v) is 9.86. The summed E-state index contributed by atoms with van der Waals surface area (Å²) in [6.07, 6.45) is 4.93. The predicted molar refractivity (Wildman–Crippen MR) is 64.0 cm³/mol. The third-order valence-electron chi connectivity index (χ3n) is 2.39. The zero-order chi connectivity index (χ0) is 11.8. The molecule has 0 aliphatic rings. The van der Waals surface area contributed by atoms with Gasteiger partial charge in [-0.1, -0.05) is 6.07 Å². The van der Waals surface area contributed by atoms with Crippen molar-refractivity contribution < 1.29 is 4.79 Å². The Kier molecular flexibility index (Phi) is 5.50. The molecule has 0 spiro atoms. The molecule has 1 atom stereocenters. The first kappa shape index (κ1) is 12.6. The van der Waals surface area contributed by atoms with E-state index < -0.39 is 0 Å². The summed E-state index contributed by atoms with van der Waals surface area (Å²) >= 11 is 0. The van der Waals surface area contributed by atoms with Gasteiger partial charge >= 0.3 is 0 Å². The second kappa shape index (κ2) is 6.95. The summed E-state index contributed by atoms with van der Waals surface area (Å²) in [4.78, 5) is 15.6. The van der Waals surface area contributed by atoms with Crippen LogP contribution in [0.4, 0.5) is 0 Å². The Morgan fingerprint density at radius 2 is 2.38 bits per heavy atom. The van der Waals surface area contributed by atoms with Gasteiger partial charge < -0.3 is 10.6 Å². The number of nitrogens with zero attached hydrogens (tertiary/aromatic N) is 1. The molecule has 0 bridgehead atoms. The fourth-order valence-corrected chi connectivity index (χ4v) is 1.45. The van der Waals surface area contributed by atoms with Crippen LogP contribution in [0.2, 0.25) is 0 Å². The predicted octanol–water partition coefficient (Wildman–Crippen LogP) is 1.26. The Hall–Kier alpha value is -1.42. The Labute approximate surface area is 96.5 Å². The van der Waals surface area contributed by atoms with Crippen LogP contribution >= 0.6 is 0 Å². The van der Waals surface area contributed by atoms with Crippen molar-refractivity contribution in [3.8, 4) is 0 Å². The third-order valence-corrected chi connectivity index (χ3v) is 2.39. The second-order valence-corrected chi connectivity index (χ2v) is 3.78. The minimum Gasteiger partial charge on any atom is -0.350 e. The van der Waals surface area contributed by atoms with Gasteiger partial charge in [0.15, 0.2) is 0 Å². The molecule has 4 nitrogen and oxygen atoms in total. The standard InChI is InChI=1S/C12H19N3O/c1-10(11-5-3-8-14-9-11)15-12(16)6-4-7-13-2/h3,5,8-10,13H,4,6-7H2,1-2H3,(H,15,16)/t10-/m1/s1. The van der Waals surface area contributed by atoms with Gasteiger partial charge in [0.1, 0.15) is 0 Å². The maximum atomic E-state index is 11.5. The number of hydrogen-bond donors (Lipinski definition) is 2. The summed E-state index contributed by atoms with van der Waals surface area (Å²) < 4.78 is 0. The van der Waals surface area contributed by atoms with Crippen LogP contribution in [0.1, 0.15) is 31.4 Å². The first-order chi connectivity index (χ1) is 7.74. The summed E-state index contributed by atoms with van der Waals surface area (Å²) in [6, 6.07) is 3.86. The van der Waals surface area contributed by atoms with E-state index >= 15 is 0 Å². The van der Waals surface area contributed by atoms with Crippen LogP contribution < -0.4 is 10.6 Å². The number of pyridine rings is 1. The topological polar surface area (TPSA) is 54.0 Å². The molecule has 1 rings (SSSR count). The van der Waals surface area contributed by atoms with Gasteiger partial charge in [0.25, 0.3) is 0 Å². The van der Waals surface area contributed by atoms with Crippen LogP contribution in [-0.2, 0) is 4.79 Å². The number of aromatic nitrogens is 1. The molecular weight excluding hydrogens is 202 g/mol. The molecule has 0 saturated heterocycles. The summed E-state index contributed by atoms with van der Waals surface area (Å²) in [5.41, 5.74) is 1.03. The Balaban J connectivity index is 2.34. The van der Waals surface area contributed by atoms with E-state index in [1.165, 1.54) is 0 Å². The lowest BCUT2D eigenvalue weighted by Gasteiger charge is -2.13.